The molecule has 3 rings (SSSR count). The predicted molar refractivity (Wildman–Crippen MR) is 88.2 cm³/mol. The van der Waals surface area contributed by atoms with Crippen LogP contribution < -0.4 is 11.1 Å². The maximum atomic E-state index is 12.4. The number of halogens is 1. The van der Waals surface area contributed by atoms with Crippen molar-refractivity contribution in [3.8, 4) is 0 Å². The number of nitrogens with one attached hydrogen (secondary N) is 1. The molecule has 0 saturated heterocycles. The summed E-state index contributed by atoms with van der Waals surface area (Å²) in [5.41, 5.74) is 6.73. The summed E-state index contributed by atoms with van der Waals surface area (Å²) in [5.74, 6) is 0.676. The van der Waals surface area contributed by atoms with E-state index in [-0.39, 0.29) is 5.91 Å². The van der Waals surface area contributed by atoms with Gasteiger partial charge in [0.2, 0.25) is 0 Å². The number of carbonyl (C=O) groups excluding carboxylic acids is 1. The van der Waals surface area contributed by atoms with Crippen LogP contribution in [0.25, 0.3) is 10.1 Å². The summed E-state index contributed by atoms with van der Waals surface area (Å²) in [6.07, 6.45) is 3.34. The first-order valence-corrected chi connectivity index (χ1v) is 8.44. The molecule has 106 valence electrons. The molecule has 1 aromatic carbocycles. The summed E-state index contributed by atoms with van der Waals surface area (Å²) in [4.78, 5) is 13.0. The fourth-order valence-corrected chi connectivity index (χ4v) is 4.21. The molecule has 1 fully saturated rings. The van der Waals surface area contributed by atoms with Crippen LogP contribution in [0.5, 0.6) is 0 Å². The van der Waals surface area contributed by atoms with Crippen LogP contribution in [-0.2, 0) is 0 Å². The van der Waals surface area contributed by atoms with Crippen LogP contribution >= 0.6 is 27.3 Å². The molecular weight excluding hydrogens is 336 g/mol. The van der Waals surface area contributed by atoms with E-state index in [2.05, 4.69) is 28.2 Å². The monoisotopic (exact) mass is 352 g/mol. The molecule has 2 atom stereocenters. The molecule has 2 aromatic rings. The van der Waals surface area contributed by atoms with Crippen LogP contribution in [0.15, 0.2) is 22.7 Å². The van der Waals surface area contributed by atoms with Crippen molar-refractivity contribution in [2.24, 2.45) is 5.92 Å². The average molecular weight is 353 g/mol. The standard InChI is InChI=1S/C15H17BrN2OS/c1-8-2-4-10(6-8)18-15(19)14-13(17)11-7-9(16)3-5-12(11)20-14/h3,5,7-8,10H,2,4,6,17H2,1H3,(H,18,19). The number of carbonyl (C=O) groups is 1. The summed E-state index contributed by atoms with van der Waals surface area (Å²) < 4.78 is 2.03. The number of nitrogen functional groups attached to an aromatic ring is 1. The van der Waals surface area contributed by atoms with Crippen molar-refractivity contribution >= 4 is 48.9 Å². The third kappa shape index (κ3) is 2.56. The van der Waals surface area contributed by atoms with Gasteiger partial charge in [-0.25, -0.2) is 0 Å². The lowest BCUT2D eigenvalue weighted by molar-refractivity contribution is 0.0942. The summed E-state index contributed by atoms with van der Waals surface area (Å²) in [6, 6.07) is 6.23. The molecule has 5 heteroatoms. The minimum atomic E-state index is -0.0288. The van der Waals surface area contributed by atoms with E-state index in [1.165, 1.54) is 17.8 Å². The van der Waals surface area contributed by atoms with Crippen LogP contribution in [0, 0.1) is 5.92 Å². The highest BCUT2D eigenvalue weighted by Gasteiger charge is 2.25. The first-order chi connectivity index (χ1) is 9.54. The largest absolute Gasteiger partial charge is 0.397 e. The lowest BCUT2D eigenvalue weighted by Crippen LogP contribution is -2.32. The highest BCUT2D eigenvalue weighted by atomic mass is 79.9. The van der Waals surface area contributed by atoms with Gasteiger partial charge < -0.3 is 11.1 Å². The van der Waals surface area contributed by atoms with E-state index in [0.29, 0.717) is 22.5 Å². The van der Waals surface area contributed by atoms with Crippen LogP contribution in [0.3, 0.4) is 0 Å². The molecule has 1 aliphatic rings. The maximum Gasteiger partial charge on any atom is 0.263 e. The number of nitrogens with two attached hydrogens (primary N) is 1. The maximum absolute atomic E-state index is 12.4. The molecule has 1 aliphatic carbocycles. The van der Waals surface area contributed by atoms with Crippen LogP contribution in [0.1, 0.15) is 35.9 Å². The smallest absolute Gasteiger partial charge is 0.263 e. The number of fused-ring (bicyclic) bond motifs is 1. The van der Waals surface area contributed by atoms with Crippen molar-refractivity contribution < 1.29 is 4.79 Å². The second-order valence-corrected chi connectivity index (χ2v) is 7.54. The lowest BCUT2D eigenvalue weighted by Gasteiger charge is -2.11. The zero-order valence-electron chi connectivity index (χ0n) is 11.3. The SMILES string of the molecule is CC1CCC(NC(=O)c2sc3ccc(Br)cc3c2N)C1. The minimum Gasteiger partial charge on any atom is -0.397 e. The molecule has 3 N–H and O–H groups in total. The number of hydrogen-bond acceptors (Lipinski definition) is 3. The van der Waals surface area contributed by atoms with Crippen LogP contribution in [0.2, 0.25) is 0 Å². The number of rotatable bonds is 2. The molecule has 2 unspecified atom stereocenters. The minimum absolute atomic E-state index is 0.0288. The molecule has 1 heterocycles. The van der Waals surface area contributed by atoms with Crippen molar-refractivity contribution in [1.82, 2.24) is 5.32 Å². The van der Waals surface area contributed by atoms with Gasteiger partial charge in [0.05, 0.1) is 5.69 Å². The number of benzene rings is 1. The number of thiophene rings is 1. The Morgan fingerprint density at radius 1 is 1.45 bits per heavy atom. The summed E-state index contributed by atoms with van der Waals surface area (Å²) in [6.45, 7) is 2.23. The first-order valence-electron chi connectivity index (χ1n) is 6.83. The van der Waals surface area contributed by atoms with E-state index in [9.17, 15) is 4.79 Å². The molecular formula is C15H17BrN2OS. The Labute approximate surface area is 130 Å². The second kappa shape index (κ2) is 5.37. The fraction of sp³-hybridized carbons (Fsp3) is 0.400. The highest BCUT2D eigenvalue weighted by Crippen LogP contribution is 2.35. The predicted octanol–water partition coefficient (Wildman–Crippen LogP) is 4.16. The Morgan fingerprint density at radius 3 is 2.95 bits per heavy atom. The molecule has 1 amide bonds. The highest BCUT2D eigenvalue weighted by molar-refractivity contribution is 9.10. The number of anilines is 1. The molecule has 20 heavy (non-hydrogen) atoms. The van der Waals surface area contributed by atoms with E-state index >= 15 is 0 Å². The van der Waals surface area contributed by atoms with Gasteiger partial charge in [-0.1, -0.05) is 22.9 Å². The Kier molecular flexibility index (Phi) is 3.73. The quantitative estimate of drug-likeness (QED) is 0.852. The summed E-state index contributed by atoms with van der Waals surface area (Å²) >= 11 is 4.91. The van der Waals surface area contributed by atoms with Crippen LogP contribution in [-0.4, -0.2) is 11.9 Å². The Morgan fingerprint density at radius 2 is 2.25 bits per heavy atom. The fourth-order valence-electron chi connectivity index (χ4n) is 2.85. The van der Waals surface area contributed by atoms with E-state index < -0.39 is 0 Å². The third-order valence-corrected chi connectivity index (χ3v) is 5.60. The van der Waals surface area contributed by atoms with Gasteiger partial charge in [-0.2, -0.15) is 0 Å². The topological polar surface area (TPSA) is 55.1 Å². The average Bonchev–Trinajstić information content (AvgIpc) is 2.94. The van der Waals surface area contributed by atoms with Crippen LogP contribution in [0.4, 0.5) is 5.69 Å². The van der Waals surface area contributed by atoms with Gasteiger partial charge in [0, 0.05) is 20.6 Å². The van der Waals surface area contributed by atoms with Crippen molar-refractivity contribution in [1.29, 1.82) is 0 Å². The van der Waals surface area contributed by atoms with Gasteiger partial charge in [-0.15, -0.1) is 11.3 Å². The molecule has 1 saturated carbocycles. The zero-order chi connectivity index (χ0) is 14.3. The lowest BCUT2D eigenvalue weighted by atomic mass is 10.1. The van der Waals surface area contributed by atoms with Gasteiger partial charge in [-0.05, 0) is 43.4 Å². The summed E-state index contributed by atoms with van der Waals surface area (Å²) in [5, 5.41) is 4.07. The number of amides is 1. The van der Waals surface area contributed by atoms with Crippen molar-refractivity contribution in [3.05, 3.63) is 27.5 Å². The van der Waals surface area contributed by atoms with E-state index in [1.54, 1.807) is 0 Å². The molecule has 0 spiro atoms. The number of hydrogen-bond donors (Lipinski definition) is 2. The van der Waals surface area contributed by atoms with Crippen molar-refractivity contribution in [2.45, 2.75) is 32.2 Å². The Bertz CT molecular complexity index is 667. The molecule has 0 bridgehead atoms. The summed E-state index contributed by atoms with van der Waals surface area (Å²) in [7, 11) is 0. The van der Waals surface area contributed by atoms with Gasteiger partial charge in [0.25, 0.3) is 5.91 Å². The second-order valence-electron chi connectivity index (χ2n) is 5.57. The first kappa shape index (κ1) is 13.9. The van der Waals surface area contributed by atoms with Gasteiger partial charge in [-0.3, -0.25) is 4.79 Å². The molecule has 3 nitrogen and oxygen atoms in total. The normalized spacial score (nSPS) is 22.3. The van der Waals surface area contributed by atoms with Gasteiger partial charge >= 0.3 is 0 Å². The molecule has 0 radical (unpaired) electrons. The Hall–Kier alpha value is -1.07. The third-order valence-electron chi connectivity index (χ3n) is 3.92. The molecule has 1 aromatic heterocycles. The Balaban J connectivity index is 1.86. The van der Waals surface area contributed by atoms with E-state index in [0.717, 1.165) is 27.4 Å². The van der Waals surface area contributed by atoms with E-state index in [1.807, 2.05) is 18.2 Å². The zero-order valence-corrected chi connectivity index (χ0v) is 13.7. The van der Waals surface area contributed by atoms with E-state index in [4.69, 9.17) is 5.73 Å². The van der Waals surface area contributed by atoms with Gasteiger partial charge in [0.1, 0.15) is 4.88 Å². The van der Waals surface area contributed by atoms with Crippen molar-refractivity contribution in [2.75, 3.05) is 5.73 Å². The molecule has 0 aliphatic heterocycles. The van der Waals surface area contributed by atoms with Gasteiger partial charge in [0.15, 0.2) is 0 Å². The van der Waals surface area contributed by atoms with Crippen molar-refractivity contribution in [3.63, 3.8) is 0 Å².